The van der Waals surface area contributed by atoms with Gasteiger partial charge in [-0.05, 0) is 37.3 Å². The van der Waals surface area contributed by atoms with Crippen molar-refractivity contribution >= 4 is 11.8 Å². The molecule has 1 aromatic rings. The lowest BCUT2D eigenvalue weighted by Gasteiger charge is -2.36. The largest absolute Gasteiger partial charge is 0.496 e. The molecule has 1 aromatic carbocycles. The van der Waals surface area contributed by atoms with Gasteiger partial charge in [0, 0.05) is 6.54 Å². The lowest BCUT2D eigenvalue weighted by Crippen LogP contribution is -2.55. The number of hydrogen-bond acceptors (Lipinski definition) is 4. The van der Waals surface area contributed by atoms with E-state index in [1.807, 2.05) is 13.8 Å². The van der Waals surface area contributed by atoms with Gasteiger partial charge in [0.05, 0.1) is 18.7 Å². The van der Waals surface area contributed by atoms with Crippen LogP contribution in [0.4, 0.5) is 0 Å². The van der Waals surface area contributed by atoms with Crippen molar-refractivity contribution in [1.29, 1.82) is 5.26 Å². The van der Waals surface area contributed by atoms with Gasteiger partial charge < -0.3 is 15.0 Å². The zero-order valence-electron chi connectivity index (χ0n) is 15.7. The summed E-state index contributed by atoms with van der Waals surface area (Å²) >= 11 is 0. The lowest BCUT2D eigenvalue weighted by molar-refractivity contribution is -0.137. The molecule has 1 heterocycles. The Morgan fingerprint density at radius 3 is 2.77 bits per heavy atom. The Morgan fingerprint density at radius 1 is 1.38 bits per heavy atom. The summed E-state index contributed by atoms with van der Waals surface area (Å²) < 4.78 is 5.25. The molecule has 6 nitrogen and oxygen atoms in total. The number of likely N-dealkylation sites (tertiary alicyclic amines) is 1. The van der Waals surface area contributed by atoms with Crippen LogP contribution in [-0.2, 0) is 4.79 Å². The van der Waals surface area contributed by atoms with E-state index < -0.39 is 12.1 Å². The van der Waals surface area contributed by atoms with E-state index in [2.05, 4.69) is 11.4 Å². The van der Waals surface area contributed by atoms with E-state index in [0.29, 0.717) is 24.3 Å². The van der Waals surface area contributed by atoms with Crippen LogP contribution < -0.4 is 10.1 Å². The third-order valence-electron chi connectivity index (χ3n) is 5.05. The van der Waals surface area contributed by atoms with Crippen LogP contribution in [-0.4, -0.2) is 42.5 Å². The van der Waals surface area contributed by atoms with Crippen LogP contribution in [0, 0.1) is 17.2 Å². The summed E-state index contributed by atoms with van der Waals surface area (Å²) in [5, 5.41) is 12.2. The van der Waals surface area contributed by atoms with Crippen LogP contribution in [0.15, 0.2) is 24.3 Å². The van der Waals surface area contributed by atoms with Crippen molar-refractivity contribution in [2.24, 2.45) is 5.92 Å². The van der Waals surface area contributed by atoms with Crippen LogP contribution in [0.2, 0.25) is 0 Å². The maximum absolute atomic E-state index is 13.1. The molecule has 140 valence electrons. The highest BCUT2D eigenvalue weighted by molar-refractivity contribution is 5.99. The molecular weight excluding hydrogens is 330 g/mol. The molecule has 1 saturated heterocycles. The second-order valence-electron chi connectivity index (χ2n) is 6.71. The maximum atomic E-state index is 13.1. The van der Waals surface area contributed by atoms with Crippen LogP contribution >= 0.6 is 0 Å². The summed E-state index contributed by atoms with van der Waals surface area (Å²) in [7, 11) is 1.51. The van der Waals surface area contributed by atoms with Crippen LogP contribution in [0.5, 0.6) is 5.75 Å². The van der Waals surface area contributed by atoms with Crippen molar-refractivity contribution < 1.29 is 14.3 Å². The number of carbonyl (C=O) groups excluding carboxylic acids is 2. The number of methoxy groups -OCH3 is 1. The quantitative estimate of drug-likeness (QED) is 0.849. The molecule has 0 radical (unpaired) electrons. The van der Waals surface area contributed by atoms with Crippen molar-refractivity contribution in [2.75, 3.05) is 13.7 Å². The normalized spacial score (nSPS) is 19.2. The molecule has 2 unspecified atom stereocenters. The van der Waals surface area contributed by atoms with Crippen LogP contribution in [0.25, 0.3) is 0 Å². The smallest absolute Gasteiger partial charge is 0.255 e. The molecule has 0 aliphatic carbocycles. The molecule has 1 fully saturated rings. The summed E-state index contributed by atoms with van der Waals surface area (Å²) in [6.07, 6.45) is 3.27. The highest BCUT2D eigenvalue weighted by Crippen LogP contribution is 2.22. The number of nitrogens with zero attached hydrogens (tertiary/aromatic N) is 2. The molecule has 0 bridgehead atoms. The zero-order valence-corrected chi connectivity index (χ0v) is 15.7. The van der Waals surface area contributed by atoms with Crippen LogP contribution in [0.1, 0.15) is 49.9 Å². The molecule has 26 heavy (non-hydrogen) atoms. The summed E-state index contributed by atoms with van der Waals surface area (Å²) in [5.41, 5.74) is 0.395. The number of piperidine rings is 1. The second kappa shape index (κ2) is 9.23. The molecule has 2 rings (SSSR count). The number of hydrogen-bond donors (Lipinski definition) is 1. The topological polar surface area (TPSA) is 82.4 Å². The first-order chi connectivity index (χ1) is 12.5. The first-order valence-electron chi connectivity index (χ1n) is 9.17. The Bertz CT molecular complexity index is 683. The third kappa shape index (κ3) is 4.34. The fourth-order valence-electron chi connectivity index (χ4n) is 3.24. The molecule has 1 aliphatic heterocycles. The Balaban J connectivity index is 2.23. The van der Waals surface area contributed by atoms with E-state index in [-0.39, 0.29) is 17.7 Å². The van der Waals surface area contributed by atoms with Crippen molar-refractivity contribution in [3.8, 4) is 11.8 Å². The molecule has 0 saturated carbocycles. The lowest BCUT2D eigenvalue weighted by atomic mass is 9.94. The van der Waals surface area contributed by atoms with Gasteiger partial charge in [-0.2, -0.15) is 5.26 Å². The number of rotatable bonds is 6. The van der Waals surface area contributed by atoms with Crippen molar-refractivity contribution in [2.45, 2.75) is 51.6 Å². The predicted molar refractivity (Wildman–Crippen MR) is 98.7 cm³/mol. The Hall–Kier alpha value is -2.55. The van der Waals surface area contributed by atoms with E-state index in [1.54, 1.807) is 29.2 Å². The summed E-state index contributed by atoms with van der Waals surface area (Å²) in [6.45, 7) is 4.49. The molecule has 6 heteroatoms. The minimum Gasteiger partial charge on any atom is -0.496 e. The first-order valence-corrected chi connectivity index (χ1v) is 9.17. The molecular formula is C20H27N3O3. The molecule has 0 aromatic heterocycles. The van der Waals surface area contributed by atoms with Crippen molar-refractivity contribution in [3.05, 3.63) is 29.8 Å². The summed E-state index contributed by atoms with van der Waals surface area (Å²) in [6, 6.07) is 8.08. The van der Waals surface area contributed by atoms with Crippen molar-refractivity contribution in [3.63, 3.8) is 0 Å². The van der Waals surface area contributed by atoms with Gasteiger partial charge >= 0.3 is 0 Å². The Labute approximate surface area is 155 Å². The predicted octanol–water partition coefficient (Wildman–Crippen LogP) is 2.74. The molecule has 0 spiro atoms. The maximum Gasteiger partial charge on any atom is 0.255 e. The monoisotopic (exact) mass is 357 g/mol. The van der Waals surface area contributed by atoms with Gasteiger partial charge in [0.15, 0.2) is 0 Å². The van der Waals surface area contributed by atoms with E-state index in [9.17, 15) is 14.9 Å². The van der Waals surface area contributed by atoms with Crippen molar-refractivity contribution in [1.82, 2.24) is 10.2 Å². The third-order valence-corrected chi connectivity index (χ3v) is 5.05. The average Bonchev–Trinajstić information content (AvgIpc) is 2.70. The van der Waals surface area contributed by atoms with Gasteiger partial charge in [0.2, 0.25) is 5.91 Å². The van der Waals surface area contributed by atoms with Crippen LogP contribution in [0.3, 0.4) is 0 Å². The Morgan fingerprint density at radius 2 is 2.12 bits per heavy atom. The number of amides is 2. The minimum absolute atomic E-state index is 0.0394. The number of carbonyl (C=O) groups is 2. The van der Waals surface area contributed by atoms with Gasteiger partial charge in [-0.15, -0.1) is 0 Å². The summed E-state index contributed by atoms with van der Waals surface area (Å²) in [4.78, 5) is 27.5. The fourth-order valence-corrected chi connectivity index (χ4v) is 3.24. The van der Waals surface area contributed by atoms with Gasteiger partial charge in [0.1, 0.15) is 17.8 Å². The number of nitrogens with one attached hydrogen (secondary N) is 1. The van der Waals surface area contributed by atoms with Gasteiger partial charge in [-0.25, -0.2) is 0 Å². The van der Waals surface area contributed by atoms with E-state index in [4.69, 9.17) is 4.74 Å². The SMILES string of the molecule is CCC(C)[C@H](NC(=O)c1ccccc1OC)C(=O)N1CCCCC1C#N. The Kier molecular flexibility index (Phi) is 7.02. The van der Waals surface area contributed by atoms with Gasteiger partial charge in [-0.3, -0.25) is 9.59 Å². The molecule has 3 atom stereocenters. The second-order valence-corrected chi connectivity index (χ2v) is 6.71. The molecule has 1 N–H and O–H groups in total. The zero-order chi connectivity index (χ0) is 19.1. The summed E-state index contributed by atoms with van der Waals surface area (Å²) in [5.74, 6) is -0.0869. The van der Waals surface area contributed by atoms with E-state index in [0.717, 1.165) is 19.3 Å². The number of nitriles is 1. The molecule has 2 amide bonds. The van der Waals surface area contributed by atoms with E-state index >= 15 is 0 Å². The highest BCUT2D eigenvalue weighted by Gasteiger charge is 2.35. The standard InChI is InChI=1S/C20H27N3O3/c1-4-14(2)18(20(25)23-12-8-7-9-15(23)13-21)22-19(24)16-10-5-6-11-17(16)26-3/h5-6,10-11,14-15,18H,4,7-9,12H2,1-3H3,(H,22,24)/t14?,15?,18-/m0/s1. The highest BCUT2D eigenvalue weighted by atomic mass is 16.5. The number of para-hydroxylation sites is 1. The van der Waals surface area contributed by atoms with E-state index in [1.165, 1.54) is 7.11 Å². The first kappa shape index (κ1) is 19.8. The van der Waals surface area contributed by atoms with Gasteiger partial charge in [-0.1, -0.05) is 32.4 Å². The number of ether oxygens (including phenoxy) is 1. The van der Waals surface area contributed by atoms with Gasteiger partial charge in [0.25, 0.3) is 5.91 Å². The molecule has 1 aliphatic rings. The fraction of sp³-hybridized carbons (Fsp3) is 0.550. The number of benzene rings is 1. The minimum atomic E-state index is -0.661. The average molecular weight is 357 g/mol.